The molecule has 1 amide bonds. The molecule has 2 rings (SSSR count). The summed E-state index contributed by atoms with van der Waals surface area (Å²) in [6, 6.07) is 0. The van der Waals surface area contributed by atoms with Crippen molar-refractivity contribution in [2.24, 2.45) is 0 Å². The van der Waals surface area contributed by atoms with E-state index in [4.69, 9.17) is 12.3 Å². The zero-order chi connectivity index (χ0) is 13.8. The van der Waals surface area contributed by atoms with Crippen molar-refractivity contribution in [1.82, 2.24) is 20.5 Å². The number of aromatic nitrogens is 3. The number of carbonyl (C=O) groups is 1. The molecule has 0 aliphatic heterocycles. The summed E-state index contributed by atoms with van der Waals surface area (Å²) in [5.41, 5.74) is 1.54. The van der Waals surface area contributed by atoms with Crippen molar-refractivity contribution in [3.8, 4) is 0 Å². The Bertz CT molecular complexity index is 633. The van der Waals surface area contributed by atoms with Crippen LogP contribution in [0.25, 0.3) is 6.08 Å². The summed E-state index contributed by atoms with van der Waals surface area (Å²) in [4.78, 5) is 15.8. The van der Waals surface area contributed by atoms with Gasteiger partial charge in [0.15, 0.2) is 0 Å². The molecule has 0 aliphatic carbocycles. The van der Waals surface area contributed by atoms with E-state index >= 15 is 0 Å². The van der Waals surface area contributed by atoms with Gasteiger partial charge in [-0.3, -0.25) is 0 Å². The summed E-state index contributed by atoms with van der Waals surface area (Å²) < 4.78 is 5.60. The van der Waals surface area contributed by atoms with Crippen LogP contribution in [0.3, 0.4) is 0 Å². The molecule has 19 heavy (non-hydrogen) atoms. The summed E-state index contributed by atoms with van der Waals surface area (Å²) in [7, 11) is 5.88. The summed E-state index contributed by atoms with van der Waals surface area (Å²) in [6.07, 6.45) is 6.37. The number of nitrogens with zero attached hydrogens (tertiary/aromatic N) is 2. The Labute approximate surface area is 121 Å². The Morgan fingerprint density at radius 3 is 3.00 bits per heavy atom. The number of hydrogen-bond acceptors (Lipinski definition) is 4. The van der Waals surface area contributed by atoms with Gasteiger partial charge in [-0.2, -0.15) is 0 Å². The van der Waals surface area contributed by atoms with Crippen molar-refractivity contribution in [1.29, 1.82) is 0 Å². The van der Waals surface area contributed by atoms with E-state index in [0.717, 1.165) is 24.9 Å². The third kappa shape index (κ3) is 3.61. The number of aromatic amines is 1. The maximum absolute atomic E-state index is 11.8. The first-order valence-electron chi connectivity index (χ1n) is 5.30. The molecule has 0 bridgehead atoms. The minimum atomic E-state index is -0.342. The Kier molecular flexibility index (Phi) is 4.27. The molecule has 94 valence electrons. The van der Waals surface area contributed by atoms with E-state index in [1.807, 2.05) is 0 Å². The molecule has 2 N–H and O–H groups in total. The van der Waals surface area contributed by atoms with E-state index in [9.17, 15) is 4.79 Å². The van der Waals surface area contributed by atoms with Gasteiger partial charge in [-0.15, -0.1) is 0 Å². The third-order valence-electron chi connectivity index (χ3n) is 2.18. The van der Waals surface area contributed by atoms with Crippen LogP contribution in [0.5, 0.6) is 0 Å². The van der Waals surface area contributed by atoms with Crippen LogP contribution in [0.15, 0.2) is 28.5 Å². The fraction of sp³-hybridized carbons (Fsp3) is 0.0909. The predicted octanol–water partition coefficient (Wildman–Crippen LogP) is 0.322. The minimum absolute atomic E-state index is 0.229. The standard InChI is InChI=1S/C11H9BN4O2.W/c1-7-16-10(6-18-7)11(17)13-5-9(12)2-8-3-14-15-4-8;/h2-4,6H,1H3,(H,13,17)(H,14,15);. The maximum atomic E-state index is 11.8. The first kappa shape index (κ1) is 13.7. The molecular weight excluding hydrogens is 415 g/mol. The number of carbonyl (C=O) groups excluding carboxylic acids is 1. The average molecular weight is 424 g/mol. The second-order valence-electron chi connectivity index (χ2n) is 3.67. The monoisotopic (exact) mass is 424 g/mol. The molecule has 0 spiro atoms. The van der Waals surface area contributed by atoms with Gasteiger partial charge < -0.3 is 0 Å². The van der Waals surface area contributed by atoms with Gasteiger partial charge in [0.25, 0.3) is 0 Å². The second-order valence-corrected chi connectivity index (χ2v) is 5.13. The van der Waals surface area contributed by atoms with Gasteiger partial charge in [0.2, 0.25) is 0 Å². The topological polar surface area (TPSA) is 83.8 Å². The number of H-pyrrole nitrogens is 1. The molecule has 0 fully saturated rings. The Balaban J connectivity index is 2.03. The van der Waals surface area contributed by atoms with E-state index in [2.05, 4.69) is 20.5 Å². The fourth-order valence-electron chi connectivity index (χ4n) is 1.29. The molecule has 2 aromatic heterocycles. The molecule has 6 nitrogen and oxygen atoms in total. The van der Waals surface area contributed by atoms with Gasteiger partial charge in [-0.1, -0.05) is 0 Å². The molecule has 2 aromatic rings. The van der Waals surface area contributed by atoms with Crippen LogP contribution in [-0.4, -0.2) is 33.0 Å². The van der Waals surface area contributed by atoms with Crippen LogP contribution in [0.1, 0.15) is 21.9 Å². The van der Waals surface area contributed by atoms with Crippen LogP contribution >= 0.6 is 0 Å². The van der Waals surface area contributed by atoms with E-state index in [0.29, 0.717) is 15.4 Å². The van der Waals surface area contributed by atoms with Crippen molar-refractivity contribution in [3.05, 3.63) is 41.3 Å². The van der Waals surface area contributed by atoms with Crippen LogP contribution in [0.2, 0.25) is 0 Å². The first-order valence-corrected chi connectivity index (χ1v) is 6.76. The third-order valence-corrected chi connectivity index (χ3v) is 3.40. The van der Waals surface area contributed by atoms with Crippen LogP contribution in [0, 0.1) is 6.92 Å². The van der Waals surface area contributed by atoms with Gasteiger partial charge in [-0.05, 0) is 0 Å². The summed E-state index contributed by atoms with van der Waals surface area (Å²) in [6.45, 7) is 1.67. The molecule has 2 radical (unpaired) electrons. The van der Waals surface area contributed by atoms with Crippen LogP contribution in [-0.2, 0) is 19.4 Å². The number of hydrogen-bond donors (Lipinski definition) is 2. The quantitative estimate of drug-likeness (QED) is 0.694. The number of rotatable bonds is 4. The van der Waals surface area contributed by atoms with Crippen LogP contribution < -0.4 is 5.32 Å². The SMILES string of the molecule is [B]C(=Cc1cn[nH]c1)[C](=[W])NC(=O)c1coc(C)n1. The van der Waals surface area contributed by atoms with Crippen molar-refractivity contribution >= 4 is 23.9 Å². The van der Waals surface area contributed by atoms with Gasteiger partial charge >= 0.3 is 121 Å². The zero-order valence-electron chi connectivity index (χ0n) is 10.0. The van der Waals surface area contributed by atoms with Crippen molar-refractivity contribution < 1.29 is 28.6 Å². The van der Waals surface area contributed by atoms with Gasteiger partial charge in [-0.25, -0.2) is 0 Å². The van der Waals surface area contributed by atoms with Crippen molar-refractivity contribution in [2.75, 3.05) is 0 Å². The fourth-order valence-corrected chi connectivity index (χ4v) is 1.84. The van der Waals surface area contributed by atoms with E-state index in [1.165, 1.54) is 6.26 Å². The number of amides is 1. The average Bonchev–Trinajstić information content (AvgIpc) is 3.00. The molecule has 2 heterocycles. The normalized spacial score (nSPS) is 11.3. The molecule has 0 saturated carbocycles. The zero-order valence-corrected chi connectivity index (χ0v) is 12.9. The second kappa shape index (κ2) is 5.93. The summed E-state index contributed by atoms with van der Waals surface area (Å²) in [5, 5.41) is 9.18. The van der Waals surface area contributed by atoms with E-state index in [1.54, 1.807) is 25.4 Å². The van der Waals surface area contributed by atoms with Crippen LogP contribution in [0.4, 0.5) is 0 Å². The molecular formula is C11H9BN4O2W. The molecule has 8 heteroatoms. The Morgan fingerprint density at radius 1 is 1.63 bits per heavy atom. The van der Waals surface area contributed by atoms with E-state index < -0.39 is 0 Å². The van der Waals surface area contributed by atoms with Gasteiger partial charge in [0.05, 0.1) is 0 Å². The van der Waals surface area contributed by atoms with Crippen molar-refractivity contribution in [3.63, 3.8) is 0 Å². The molecule has 0 saturated heterocycles. The van der Waals surface area contributed by atoms with E-state index in [-0.39, 0.29) is 11.6 Å². The molecule has 0 aliphatic rings. The number of nitrogens with one attached hydrogen (secondary N) is 2. The molecule has 0 aromatic carbocycles. The molecule has 0 unspecified atom stereocenters. The Hall–Kier alpha value is -1.75. The Morgan fingerprint density at radius 2 is 2.42 bits per heavy atom. The first-order chi connectivity index (χ1) is 9.06. The molecule has 0 atom stereocenters. The summed E-state index contributed by atoms with van der Waals surface area (Å²) in [5.74, 6) is 0.0995. The van der Waals surface area contributed by atoms with Gasteiger partial charge in [0.1, 0.15) is 0 Å². The summed E-state index contributed by atoms with van der Waals surface area (Å²) >= 11 is 1.04. The predicted molar refractivity (Wildman–Crippen MR) is 66.0 cm³/mol. The number of oxazole rings is 1. The van der Waals surface area contributed by atoms with Gasteiger partial charge in [0, 0.05) is 0 Å². The van der Waals surface area contributed by atoms with Crippen molar-refractivity contribution in [2.45, 2.75) is 6.92 Å². The number of aryl methyl sites for hydroxylation is 1.